The first-order valence-corrected chi connectivity index (χ1v) is 17.8. The van der Waals surface area contributed by atoms with Gasteiger partial charge in [-0.05, 0) is 58.4 Å². The quantitative estimate of drug-likeness (QED) is 0.216. The molecule has 4 heterocycles. The molecule has 1 aromatic carbocycles. The second kappa shape index (κ2) is 15.1. The Morgan fingerprint density at radius 2 is 0.780 bits per heavy atom. The maximum Gasteiger partial charge on any atom is 0.175 e. The minimum absolute atomic E-state index is 0.512. The van der Waals surface area contributed by atoms with E-state index in [2.05, 4.69) is 119 Å². The van der Waals surface area contributed by atoms with Crippen molar-refractivity contribution >= 4 is 44.8 Å². The maximum absolute atomic E-state index is 5.73. The van der Waals surface area contributed by atoms with Crippen molar-refractivity contribution in [3.63, 3.8) is 0 Å². The van der Waals surface area contributed by atoms with Gasteiger partial charge in [0.1, 0.15) is 13.2 Å². The van der Waals surface area contributed by atoms with E-state index in [0.29, 0.717) is 48.7 Å². The molecular formula is C36H52O2S3. The van der Waals surface area contributed by atoms with Crippen LogP contribution in [0, 0.1) is 0 Å². The van der Waals surface area contributed by atoms with Gasteiger partial charge in [-0.25, -0.2) is 0 Å². The zero-order valence-electron chi connectivity index (χ0n) is 27.4. The Kier molecular flexibility index (Phi) is 12.4. The predicted molar refractivity (Wildman–Crippen MR) is 186 cm³/mol. The molecule has 0 saturated carbocycles. The average molecular weight is 613 g/mol. The van der Waals surface area contributed by atoms with E-state index in [4.69, 9.17) is 9.47 Å². The molecule has 0 fully saturated rings. The van der Waals surface area contributed by atoms with Crippen molar-refractivity contribution in [2.45, 2.75) is 119 Å². The zero-order chi connectivity index (χ0) is 30.4. The van der Waals surface area contributed by atoms with Crippen LogP contribution in [-0.2, 0) is 0 Å². The van der Waals surface area contributed by atoms with E-state index < -0.39 is 0 Å². The second-order valence-corrected chi connectivity index (χ2v) is 16.0. The van der Waals surface area contributed by atoms with Crippen LogP contribution in [0.15, 0.2) is 36.4 Å². The minimum atomic E-state index is 0.512. The van der Waals surface area contributed by atoms with Gasteiger partial charge >= 0.3 is 0 Å². The molecule has 226 valence electrons. The Balaban J connectivity index is 0.000000172. The lowest BCUT2D eigenvalue weighted by Gasteiger charge is -2.18. The molecule has 5 rings (SSSR count). The van der Waals surface area contributed by atoms with E-state index in [1.54, 1.807) is 0 Å². The summed E-state index contributed by atoms with van der Waals surface area (Å²) in [6.45, 7) is 28.3. The number of hydrogen-bond donors (Lipinski definition) is 0. The fourth-order valence-electron chi connectivity index (χ4n) is 4.74. The lowest BCUT2D eigenvalue weighted by atomic mass is 10.0. The first-order chi connectivity index (χ1) is 19.3. The third-order valence-electron chi connectivity index (χ3n) is 7.01. The first kappa shape index (κ1) is 33.7. The molecule has 1 aliphatic heterocycles. The monoisotopic (exact) mass is 612 g/mol. The number of ether oxygens (including phenoxy) is 2. The van der Waals surface area contributed by atoms with E-state index >= 15 is 0 Å². The summed E-state index contributed by atoms with van der Waals surface area (Å²) in [7, 11) is 0. The van der Waals surface area contributed by atoms with E-state index in [9.17, 15) is 0 Å². The minimum Gasteiger partial charge on any atom is -0.485 e. The van der Waals surface area contributed by atoms with Crippen molar-refractivity contribution in [3.8, 4) is 11.5 Å². The van der Waals surface area contributed by atoms with Gasteiger partial charge in [0.05, 0.1) is 9.75 Å². The van der Waals surface area contributed by atoms with Crippen LogP contribution in [-0.4, -0.2) is 13.2 Å². The molecule has 0 atom stereocenters. The predicted octanol–water partition coefficient (Wildman–Crippen LogP) is 12.9. The molecule has 1 aliphatic rings. The number of fused-ring (bicyclic) bond motifs is 2. The highest BCUT2D eigenvalue weighted by atomic mass is 32.1. The van der Waals surface area contributed by atoms with Crippen LogP contribution in [0.2, 0.25) is 0 Å². The highest BCUT2D eigenvalue weighted by Gasteiger charge is 2.26. The van der Waals surface area contributed by atoms with Crippen molar-refractivity contribution < 1.29 is 9.47 Å². The summed E-state index contributed by atoms with van der Waals surface area (Å²) in [5.41, 5.74) is 0. The molecule has 5 heteroatoms. The summed E-state index contributed by atoms with van der Waals surface area (Å²) in [5.74, 6) is 5.67. The molecule has 0 spiro atoms. The van der Waals surface area contributed by atoms with Crippen LogP contribution in [0.5, 0.6) is 11.5 Å². The number of benzene rings is 1. The molecule has 0 aliphatic carbocycles. The molecule has 0 amide bonds. The van der Waals surface area contributed by atoms with Crippen molar-refractivity contribution in [2.24, 2.45) is 0 Å². The van der Waals surface area contributed by atoms with Crippen LogP contribution in [0.1, 0.15) is 148 Å². The molecule has 0 saturated heterocycles. The summed E-state index contributed by atoms with van der Waals surface area (Å²) in [5, 5.41) is 2.92. The van der Waals surface area contributed by atoms with Crippen molar-refractivity contribution in [3.05, 3.63) is 65.7 Å². The highest BCUT2D eigenvalue weighted by Crippen LogP contribution is 2.49. The van der Waals surface area contributed by atoms with E-state index in [-0.39, 0.29) is 0 Å². The van der Waals surface area contributed by atoms with Gasteiger partial charge in [0.15, 0.2) is 11.5 Å². The second-order valence-electron chi connectivity index (χ2n) is 12.7. The molecule has 2 nitrogen and oxygen atoms in total. The number of hydrogen-bond acceptors (Lipinski definition) is 5. The Morgan fingerprint density at radius 3 is 1.07 bits per heavy atom. The molecule has 4 aromatic rings. The topological polar surface area (TPSA) is 18.5 Å². The molecule has 3 aromatic heterocycles. The van der Waals surface area contributed by atoms with E-state index in [0.717, 1.165) is 11.5 Å². The SMILES string of the molecule is CC(C)c1ccc(C(C)C)s1.CC(C)c1sc(C(C)C)c2c1OCCO2.CC(C)c1sc(C(C)C)c2ccccc12. The Morgan fingerprint density at radius 1 is 0.439 bits per heavy atom. The Hall–Kier alpha value is -1.82. The summed E-state index contributed by atoms with van der Waals surface area (Å²) in [6, 6.07) is 13.3. The van der Waals surface area contributed by atoms with Gasteiger partial charge in [-0.15, -0.1) is 34.0 Å². The summed E-state index contributed by atoms with van der Waals surface area (Å²) >= 11 is 5.78. The van der Waals surface area contributed by atoms with Gasteiger partial charge in [0.2, 0.25) is 0 Å². The molecule has 0 bridgehead atoms. The normalized spacial score (nSPS) is 12.9. The van der Waals surface area contributed by atoms with Crippen LogP contribution < -0.4 is 9.47 Å². The fraction of sp³-hybridized carbons (Fsp3) is 0.556. The largest absolute Gasteiger partial charge is 0.485 e. The number of thiophene rings is 3. The first-order valence-electron chi connectivity index (χ1n) is 15.4. The average Bonchev–Trinajstić information content (AvgIpc) is 3.65. The molecule has 0 N–H and O–H groups in total. The van der Waals surface area contributed by atoms with Crippen molar-refractivity contribution in [2.75, 3.05) is 13.2 Å². The van der Waals surface area contributed by atoms with E-state index in [1.807, 2.05) is 34.0 Å². The Labute approximate surface area is 262 Å². The van der Waals surface area contributed by atoms with Crippen LogP contribution in [0.25, 0.3) is 10.8 Å². The molecular weight excluding hydrogens is 561 g/mol. The molecule has 41 heavy (non-hydrogen) atoms. The smallest absolute Gasteiger partial charge is 0.175 e. The van der Waals surface area contributed by atoms with Gasteiger partial charge in [-0.3, -0.25) is 0 Å². The third-order valence-corrected chi connectivity index (χ3v) is 12.3. The van der Waals surface area contributed by atoms with Crippen LogP contribution >= 0.6 is 34.0 Å². The van der Waals surface area contributed by atoms with E-state index in [1.165, 1.54) is 40.0 Å². The lowest BCUT2D eigenvalue weighted by molar-refractivity contribution is 0.170. The van der Waals surface area contributed by atoms with Gasteiger partial charge in [0, 0.05) is 19.5 Å². The van der Waals surface area contributed by atoms with Gasteiger partial charge in [0.25, 0.3) is 0 Å². The zero-order valence-corrected chi connectivity index (χ0v) is 29.8. The summed E-state index contributed by atoms with van der Waals surface area (Å²) < 4.78 is 11.5. The third kappa shape index (κ3) is 8.39. The molecule has 0 unspecified atom stereocenters. The maximum atomic E-state index is 5.73. The Bertz CT molecular complexity index is 1270. The lowest BCUT2D eigenvalue weighted by Crippen LogP contribution is -2.15. The highest BCUT2D eigenvalue weighted by molar-refractivity contribution is 7.14. The summed E-state index contributed by atoms with van der Waals surface area (Å²) in [6.07, 6.45) is 0. The van der Waals surface area contributed by atoms with Gasteiger partial charge in [-0.2, -0.15) is 0 Å². The van der Waals surface area contributed by atoms with Crippen LogP contribution in [0.4, 0.5) is 0 Å². The standard InChI is InChI=1S/C14H18S.C12H18O2S.C10H16S/c1-9(2)13-11-7-5-6-8-12(11)14(15-13)10(3)4;1-7(2)11-9-10(14-6-5-13-9)12(15-11)8(3)4;1-7(2)9-5-6-10(11-9)8(3)4/h5-10H,1-4H3;7-8H,5-6H2,1-4H3;5-8H,1-4H3. The van der Waals surface area contributed by atoms with Gasteiger partial charge in [-0.1, -0.05) is 107 Å². The van der Waals surface area contributed by atoms with Crippen LogP contribution in [0.3, 0.4) is 0 Å². The fourth-order valence-corrected chi connectivity index (χ4v) is 8.24. The summed E-state index contributed by atoms with van der Waals surface area (Å²) in [4.78, 5) is 8.74. The van der Waals surface area contributed by atoms with Crippen molar-refractivity contribution in [1.82, 2.24) is 0 Å². The van der Waals surface area contributed by atoms with Crippen molar-refractivity contribution in [1.29, 1.82) is 0 Å². The number of rotatable bonds is 6. The van der Waals surface area contributed by atoms with Gasteiger partial charge < -0.3 is 9.47 Å². The molecule has 0 radical (unpaired) electrons.